The van der Waals surface area contributed by atoms with Gasteiger partial charge in [-0.3, -0.25) is 0 Å². The van der Waals surface area contributed by atoms with E-state index in [1.807, 2.05) is 6.07 Å². The average Bonchev–Trinajstić information content (AvgIpc) is 2.37. The topological polar surface area (TPSA) is 29.5 Å². The molecule has 0 saturated carbocycles. The number of thioether (sulfide) groups is 1. The third kappa shape index (κ3) is 2.50. The fourth-order valence-corrected chi connectivity index (χ4v) is 5.41. The second kappa shape index (κ2) is 5.02. The van der Waals surface area contributed by atoms with Crippen molar-refractivity contribution in [1.82, 2.24) is 0 Å². The highest BCUT2D eigenvalue weighted by atomic mass is 32.2. The third-order valence-electron chi connectivity index (χ3n) is 4.43. The Hall–Kier alpha value is -0.670. The third-order valence-corrected chi connectivity index (χ3v) is 6.00. The van der Waals surface area contributed by atoms with Gasteiger partial charge in [-0.2, -0.15) is 11.8 Å². The van der Waals surface area contributed by atoms with Gasteiger partial charge < -0.3 is 9.84 Å². The summed E-state index contributed by atoms with van der Waals surface area (Å²) in [6.07, 6.45) is 5.56. The number of aliphatic hydroxyl groups is 1. The lowest BCUT2D eigenvalue weighted by molar-refractivity contribution is 0.00609. The molecule has 0 radical (unpaired) electrons. The maximum absolute atomic E-state index is 11.2. The molecule has 3 heteroatoms. The first-order chi connectivity index (χ1) is 9.10. The van der Waals surface area contributed by atoms with Crippen LogP contribution in [-0.2, 0) is 5.60 Å². The average molecular weight is 278 g/mol. The minimum Gasteiger partial charge on any atom is -0.496 e. The molecule has 2 atom stereocenters. The first-order valence-corrected chi connectivity index (χ1v) is 8.08. The lowest BCUT2D eigenvalue weighted by Gasteiger charge is -2.44. The van der Waals surface area contributed by atoms with Crippen LogP contribution in [0.3, 0.4) is 0 Å². The second-order valence-electron chi connectivity index (χ2n) is 5.95. The lowest BCUT2D eigenvalue weighted by Crippen LogP contribution is -2.40. The van der Waals surface area contributed by atoms with E-state index in [9.17, 15) is 5.11 Å². The van der Waals surface area contributed by atoms with Crippen molar-refractivity contribution in [3.63, 3.8) is 0 Å². The minimum atomic E-state index is -0.694. The van der Waals surface area contributed by atoms with Crippen molar-refractivity contribution in [2.24, 2.45) is 0 Å². The maximum atomic E-state index is 11.2. The van der Waals surface area contributed by atoms with E-state index in [-0.39, 0.29) is 0 Å². The second-order valence-corrected chi connectivity index (χ2v) is 7.56. The van der Waals surface area contributed by atoms with E-state index in [0.29, 0.717) is 10.5 Å². The van der Waals surface area contributed by atoms with Gasteiger partial charge in [-0.1, -0.05) is 18.6 Å². The Balaban J connectivity index is 1.96. The van der Waals surface area contributed by atoms with Crippen LogP contribution >= 0.6 is 11.8 Å². The number of aryl methyl sites for hydroxylation is 1. The summed E-state index contributed by atoms with van der Waals surface area (Å²) in [5.41, 5.74) is 1.47. The van der Waals surface area contributed by atoms with Crippen molar-refractivity contribution < 1.29 is 9.84 Å². The highest BCUT2D eigenvalue weighted by Crippen LogP contribution is 2.51. The smallest absolute Gasteiger partial charge is 0.125 e. The molecule has 1 aromatic carbocycles. The SMILES string of the molecule is COc1cc(C)ccc1C1(O)CC2CCCC(C1)S2. The highest BCUT2D eigenvalue weighted by molar-refractivity contribution is 8.00. The van der Waals surface area contributed by atoms with Crippen LogP contribution in [-0.4, -0.2) is 22.7 Å². The molecule has 0 aromatic heterocycles. The number of rotatable bonds is 2. The summed E-state index contributed by atoms with van der Waals surface area (Å²) in [6.45, 7) is 2.06. The van der Waals surface area contributed by atoms with Crippen molar-refractivity contribution in [3.05, 3.63) is 29.3 Å². The first kappa shape index (κ1) is 13.3. The molecule has 2 fully saturated rings. The van der Waals surface area contributed by atoms with Gasteiger partial charge >= 0.3 is 0 Å². The molecule has 2 aliphatic rings. The summed E-state index contributed by atoms with van der Waals surface area (Å²) >= 11 is 2.09. The van der Waals surface area contributed by atoms with Crippen LogP contribution in [0.5, 0.6) is 5.75 Å². The molecule has 19 heavy (non-hydrogen) atoms. The van der Waals surface area contributed by atoms with Gasteiger partial charge in [-0.25, -0.2) is 0 Å². The fourth-order valence-electron chi connectivity index (χ4n) is 3.52. The van der Waals surface area contributed by atoms with E-state index in [4.69, 9.17) is 4.74 Å². The van der Waals surface area contributed by atoms with Gasteiger partial charge in [0.15, 0.2) is 0 Å². The van der Waals surface area contributed by atoms with Crippen molar-refractivity contribution in [3.8, 4) is 5.75 Å². The lowest BCUT2D eigenvalue weighted by atomic mass is 9.80. The number of benzene rings is 1. The van der Waals surface area contributed by atoms with Crippen LogP contribution < -0.4 is 4.74 Å². The molecule has 2 unspecified atom stereocenters. The molecule has 0 spiro atoms. The largest absolute Gasteiger partial charge is 0.496 e. The zero-order chi connectivity index (χ0) is 13.5. The van der Waals surface area contributed by atoms with Gasteiger partial charge in [0.1, 0.15) is 5.75 Å². The summed E-state index contributed by atoms with van der Waals surface area (Å²) in [5.74, 6) is 0.840. The Bertz CT molecular complexity index is 460. The molecule has 104 valence electrons. The molecule has 2 nitrogen and oxygen atoms in total. The number of hydrogen-bond donors (Lipinski definition) is 1. The summed E-state index contributed by atoms with van der Waals surface area (Å²) in [5, 5.41) is 12.4. The van der Waals surface area contributed by atoms with E-state index in [1.165, 1.54) is 24.8 Å². The van der Waals surface area contributed by atoms with Crippen molar-refractivity contribution in [1.29, 1.82) is 0 Å². The predicted octanol–water partition coefficient (Wildman–Crippen LogP) is 3.64. The number of ether oxygens (including phenoxy) is 1. The summed E-state index contributed by atoms with van der Waals surface area (Å²) < 4.78 is 5.50. The van der Waals surface area contributed by atoms with E-state index < -0.39 is 5.60 Å². The van der Waals surface area contributed by atoms with Crippen LogP contribution in [0.4, 0.5) is 0 Å². The van der Waals surface area contributed by atoms with Gasteiger partial charge in [-0.05, 0) is 44.2 Å². The van der Waals surface area contributed by atoms with Gasteiger partial charge in [-0.15, -0.1) is 0 Å². The quantitative estimate of drug-likeness (QED) is 0.895. The standard InChI is InChI=1S/C16H22O2S/c1-11-6-7-14(15(8-11)18-2)16(17)9-12-4-3-5-13(10-16)19-12/h6-8,12-13,17H,3-5,9-10H2,1-2H3. The monoisotopic (exact) mass is 278 g/mol. The normalized spacial score (nSPS) is 34.1. The van der Waals surface area contributed by atoms with Crippen LogP contribution in [0, 0.1) is 6.92 Å². The van der Waals surface area contributed by atoms with E-state index >= 15 is 0 Å². The molecule has 2 aliphatic heterocycles. The van der Waals surface area contributed by atoms with Crippen LogP contribution in [0.25, 0.3) is 0 Å². The van der Waals surface area contributed by atoms with E-state index in [1.54, 1.807) is 7.11 Å². The predicted molar refractivity (Wildman–Crippen MR) is 79.9 cm³/mol. The van der Waals surface area contributed by atoms with Gasteiger partial charge in [0.2, 0.25) is 0 Å². The van der Waals surface area contributed by atoms with E-state index in [0.717, 1.165) is 24.2 Å². The Labute approximate surface area is 119 Å². The first-order valence-electron chi connectivity index (χ1n) is 7.14. The molecule has 0 amide bonds. The number of fused-ring (bicyclic) bond motifs is 2. The molecular weight excluding hydrogens is 256 g/mol. The van der Waals surface area contributed by atoms with E-state index in [2.05, 4.69) is 30.8 Å². The van der Waals surface area contributed by atoms with Gasteiger partial charge in [0.25, 0.3) is 0 Å². The Morgan fingerprint density at radius 2 is 1.95 bits per heavy atom. The minimum absolute atomic E-state index is 0.614. The molecule has 1 N–H and O–H groups in total. The van der Waals surface area contributed by atoms with Crippen LogP contribution in [0.15, 0.2) is 18.2 Å². The summed E-state index contributed by atoms with van der Waals surface area (Å²) in [6, 6.07) is 6.16. The zero-order valence-corrected chi connectivity index (χ0v) is 12.5. The van der Waals surface area contributed by atoms with Gasteiger partial charge in [0, 0.05) is 16.1 Å². The van der Waals surface area contributed by atoms with Crippen LogP contribution in [0.2, 0.25) is 0 Å². The Morgan fingerprint density at radius 3 is 2.58 bits per heavy atom. The number of methoxy groups -OCH3 is 1. The van der Waals surface area contributed by atoms with Gasteiger partial charge in [0.05, 0.1) is 12.7 Å². The fraction of sp³-hybridized carbons (Fsp3) is 0.625. The zero-order valence-electron chi connectivity index (χ0n) is 11.7. The Kier molecular flexibility index (Phi) is 3.52. The molecule has 3 rings (SSSR count). The van der Waals surface area contributed by atoms with Crippen molar-refractivity contribution >= 4 is 11.8 Å². The van der Waals surface area contributed by atoms with Crippen molar-refractivity contribution in [2.75, 3.05) is 7.11 Å². The molecule has 2 heterocycles. The van der Waals surface area contributed by atoms with Crippen LogP contribution in [0.1, 0.15) is 43.2 Å². The van der Waals surface area contributed by atoms with Crippen molar-refractivity contribution in [2.45, 2.75) is 55.1 Å². The number of hydrogen-bond acceptors (Lipinski definition) is 3. The Morgan fingerprint density at radius 1 is 1.26 bits per heavy atom. The summed E-state index contributed by atoms with van der Waals surface area (Å²) in [4.78, 5) is 0. The maximum Gasteiger partial charge on any atom is 0.125 e. The molecule has 2 bridgehead atoms. The highest BCUT2D eigenvalue weighted by Gasteiger charge is 2.43. The molecule has 0 aliphatic carbocycles. The summed E-state index contributed by atoms with van der Waals surface area (Å²) in [7, 11) is 1.69. The molecule has 1 aromatic rings. The molecular formula is C16H22O2S. The molecule has 2 saturated heterocycles.